The van der Waals surface area contributed by atoms with Crippen LogP contribution in [0.4, 0.5) is 0 Å². The number of hydrogen-bond donors (Lipinski definition) is 1. The smallest absolute Gasteiger partial charge is 0.251 e. The van der Waals surface area contributed by atoms with Crippen molar-refractivity contribution >= 4 is 17.5 Å². The molecule has 0 fully saturated rings. The zero-order chi connectivity index (χ0) is 11.8. The Morgan fingerprint density at radius 3 is 3.06 bits per heavy atom. The molecular formula is C11H12ClN3O. The predicted octanol–water partition coefficient (Wildman–Crippen LogP) is 2.16. The highest BCUT2D eigenvalue weighted by Crippen LogP contribution is 2.06. The van der Waals surface area contributed by atoms with Gasteiger partial charge in [0.2, 0.25) is 0 Å². The topological polar surface area (TPSA) is 65.8 Å². The molecular weight excluding hydrogens is 226 g/mol. The summed E-state index contributed by atoms with van der Waals surface area (Å²) in [6.45, 7) is 0.570. The van der Waals surface area contributed by atoms with E-state index in [2.05, 4.69) is 16.4 Å². The van der Waals surface area contributed by atoms with Gasteiger partial charge in [0.1, 0.15) is 5.15 Å². The van der Waals surface area contributed by atoms with Gasteiger partial charge in [-0.1, -0.05) is 11.6 Å². The maximum Gasteiger partial charge on any atom is 0.251 e. The lowest BCUT2D eigenvalue weighted by Gasteiger charge is -2.04. The first-order valence-corrected chi connectivity index (χ1v) is 5.38. The van der Waals surface area contributed by atoms with Crippen LogP contribution in [-0.2, 0) is 0 Å². The molecule has 84 valence electrons. The van der Waals surface area contributed by atoms with Crippen molar-refractivity contribution in [2.24, 2.45) is 0 Å². The van der Waals surface area contributed by atoms with Crippen molar-refractivity contribution in [3.8, 4) is 6.07 Å². The number of rotatable bonds is 5. The van der Waals surface area contributed by atoms with Gasteiger partial charge in [-0.05, 0) is 25.0 Å². The molecule has 1 rings (SSSR count). The Morgan fingerprint density at radius 1 is 1.56 bits per heavy atom. The van der Waals surface area contributed by atoms with E-state index in [0.717, 1.165) is 12.8 Å². The highest BCUT2D eigenvalue weighted by Gasteiger charge is 2.04. The van der Waals surface area contributed by atoms with Crippen LogP contribution in [0.5, 0.6) is 0 Å². The molecule has 0 bridgehead atoms. The standard InChI is InChI=1S/C11H12ClN3O/c12-10-8-9(4-7-14-10)11(16)15-6-3-1-2-5-13/h4,7-8H,1-3,6H2,(H,15,16). The summed E-state index contributed by atoms with van der Waals surface area (Å²) in [5, 5.41) is 11.4. The molecule has 0 aliphatic carbocycles. The summed E-state index contributed by atoms with van der Waals surface area (Å²) in [6.07, 6.45) is 3.62. The van der Waals surface area contributed by atoms with E-state index < -0.39 is 0 Å². The molecule has 4 nitrogen and oxygen atoms in total. The van der Waals surface area contributed by atoms with E-state index in [0.29, 0.717) is 23.7 Å². The predicted molar refractivity (Wildman–Crippen MR) is 61.0 cm³/mol. The van der Waals surface area contributed by atoms with Crippen molar-refractivity contribution in [3.05, 3.63) is 29.0 Å². The van der Waals surface area contributed by atoms with Gasteiger partial charge in [-0.3, -0.25) is 4.79 Å². The molecule has 0 aromatic carbocycles. The lowest BCUT2D eigenvalue weighted by molar-refractivity contribution is 0.0953. The fourth-order valence-electron chi connectivity index (χ4n) is 1.18. The van der Waals surface area contributed by atoms with E-state index in [1.165, 1.54) is 12.3 Å². The Labute approximate surface area is 99.2 Å². The number of hydrogen-bond acceptors (Lipinski definition) is 3. The van der Waals surface area contributed by atoms with Gasteiger partial charge in [-0.25, -0.2) is 4.98 Å². The number of nitrogens with zero attached hydrogens (tertiary/aromatic N) is 2. The Balaban J connectivity index is 2.33. The zero-order valence-electron chi connectivity index (χ0n) is 8.74. The number of pyridine rings is 1. The normalized spacial score (nSPS) is 9.50. The third-order valence-electron chi connectivity index (χ3n) is 1.99. The van der Waals surface area contributed by atoms with E-state index in [1.54, 1.807) is 6.07 Å². The van der Waals surface area contributed by atoms with Gasteiger partial charge in [0.25, 0.3) is 5.91 Å². The van der Waals surface area contributed by atoms with Crippen LogP contribution in [0.15, 0.2) is 18.3 Å². The number of halogens is 1. The molecule has 1 heterocycles. The van der Waals surface area contributed by atoms with E-state index in [9.17, 15) is 4.79 Å². The molecule has 1 aromatic heterocycles. The monoisotopic (exact) mass is 237 g/mol. The lowest BCUT2D eigenvalue weighted by Crippen LogP contribution is -2.24. The number of unbranched alkanes of at least 4 members (excludes halogenated alkanes) is 2. The average molecular weight is 238 g/mol. The molecule has 16 heavy (non-hydrogen) atoms. The van der Waals surface area contributed by atoms with Crippen molar-refractivity contribution in [1.29, 1.82) is 5.26 Å². The molecule has 0 aliphatic heterocycles. The van der Waals surface area contributed by atoms with Crippen LogP contribution in [0.25, 0.3) is 0 Å². The second-order valence-electron chi connectivity index (χ2n) is 3.24. The number of carbonyl (C=O) groups excluding carboxylic acids is 1. The second kappa shape index (κ2) is 6.81. The van der Waals surface area contributed by atoms with Gasteiger partial charge in [0.05, 0.1) is 6.07 Å². The molecule has 0 saturated carbocycles. The first kappa shape index (κ1) is 12.5. The molecule has 0 unspecified atom stereocenters. The fraction of sp³-hybridized carbons (Fsp3) is 0.364. The molecule has 1 N–H and O–H groups in total. The van der Waals surface area contributed by atoms with Gasteiger partial charge in [0, 0.05) is 24.7 Å². The average Bonchev–Trinajstić information content (AvgIpc) is 2.28. The number of amides is 1. The van der Waals surface area contributed by atoms with Crippen LogP contribution in [-0.4, -0.2) is 17.4 Å². The van der Waals surface area contributed by atoms with Crippen LogP contribution in [0.3, 0.4) is 0 Å². The largest absolute Gasteiger partial charge is 0.352 e. The Kier molecular flexibility index (Phi) is 5.30. The Bertz CT molecular complexity index is 400. The SMILES string of the molecule is N#CCCCCNC(=O)c1ccnc(Cl)c1. The summed E-state index contributed by atoms with van der Waals surface area (Å²) < 4.78 is 0. The summed E-state index contributed by atoms with van der Waals surface area (Å²) in [5.41, 5.74) is 0.500. The number of nitriles is 1. The molecule has 0 radical (unpaired) electrons. The van der Waals surface area contributed by atoms with E-state index >= 15 is 0 Å². The highest BCUT2D eigenvalue weighted by atomic mass is 35.5. The van der Waals surface area contributed by atoms with Crippen LogP contribution in [0.1, 0.15) is 29.6 Å². The van der Waals surface area contributed by atoms with Gasteiger partial charge >= 0.3 is 0 Å². The van der Waals surface area contributed by atoms with E-state index in [-0.39, 0.29) is 5.91 Å². The van der Waals surface area contributed by atoms with Gasteiger partial charge in [0.15, 0.2) is 0 Å². The molecule has 0 aliphatic rings. The number of aromatic nitrogens is 1. The molecule has 0 saturated heterocycles. The maximum atomic E-state index is 11.6. The Morgan fingerprint density at radius 2 is 2.38 bits per heavy atom. The molecule has 0 spiro atoms. The first-order valence-electron chi connectivity index (χ1n) is 5.00. The van der Waals surface area contributed by atoms with Crippen molar-refractivity contribution in [1.82, 2.24) is 10.3 Å². The van der Waals surface area contributed by atoms with Crippen LogP contribution in [0.2, 0.25) is 5.15 Å². The van der Waals surface area contributed by atoms with E-state index in [1.807, 2.05) is 0 Å². The molecule has 0 atom stereocenters. The summed E-state index contributed by atoms with van der Waals surface area (Å²) in [5.74, 6) is -0.166. The minimum absolute atomic E-state index is 0.166. The van der Waals surface area contributed by atoms with Crippen molar-refractivity contribution in [2.45, 2.75) is 19.3 Å². The minimum Gasteiger partial charge on any atom is -0.352 e. The van der Waals surface area contributed by atoms with Gasteiger partial charge in [-0.15, -0.1) is 0 Å². The summed E-state index contributed by atoms with van der Waals surface area (Å²) in [4.78, 5) is 15.4. The fourth-order valence-corrected chi connectivity index (χ4v) is 1.35. The summed E-state index contributed by atoms with van der Waals surface area (Å²) >= 11 is 5.66. The molecule has 1 amide bonds. The lowest BCUT2D eigenvalue weighted by atomic mass is 10.2. The van der Waals surface area contributed by atoms with Gasteiger partial charge < -0.3 is 5.32 Å². The van der Waals surface area contributed by atoms with Crippen LogP contribution in [0, 0.1) is 11.3 Å². The number of carbonyl (C=O) groups is 1. The molecule has 5 heteroatoms. The second-order valence-corrected chi connectivity index (χ2v) is 3.63. The van der Waals surface area contributed by atoms with Crippen LogP contribution < -0.4 is 5.32 Å². The van der Waals surface area contributed by atoms with E-state index in [4.69, 9.17) is 16.9 Å². The summed E-state index contributed by atoms with van der Waals surface area (Å²) in [7, 11) is 0. The number of nitrogens with one attached hydrogen (secondary N) is 1. The maximum absolute atomic E-state index is 11.6. The Hall–Kier alpha value is -1.60. The quantitative estimate of drug-likeness (QED) is 0.630. The van der Waals surface area contributed by atoms with Crippen molar-refractivity contribution in [2.75, 3.05) is 6.54 Å². The first-order chi connectivity index (χ1) is 7.74. The molecule has 1 aromatic rings. The zero-order valence-corrected chi connectivity index (χ0v) is 9.50. The van der Waals surface area contributed by atoms with Crippen LogP contribution >= 0.6 is 11.6 Å². The minimum atomic E-state index is -0.166. The van der Waals surface area contributed by atoms with Gasteiger partial charge in [-0.2, -0.15) is 5.26 Å². The third kappa shape index (κ3) is 4.28. The van der Waals surface area contributed by atoms with Crippen molar-refractivity contribution in [3.63, 3.8) is 0 Å². The van der Waals surface area contributed by atoms with Crippen molar-refractivity contribution < 1.29 is 4.79 Å². The summed E-state index contributed by atoms with van der Waals surface area (Å²) in [6, 6.07) is 5.18. The highest BCUT2D eigenvalue weighted by molar-refractivity contribution is 6.29. The third-order valence-corrected chi connectivity index (χ3v) is 2.20.